The zero-order valence-corrected chi connectivity index (χ0v) is 13.1. The largest absolute Gasteiger partial charge is 0.324 e. The monoisotopic (exact) mass is 293 g/mol. The lowest BCUT2D eigenvalue weighted by molar-refractivity contribution is 0.211. The Kier molecular flexibility index (Phi) is 4.94. The first kappa shape index (κ1) is 15.2. The second-order valence-electron chi connectivity index (χ2n) is 5.50. The molecule has 1 aliphatic rings. The van der Waals surface area contributed by atoms with E-state index in [1.165, 1.54) is 0 Å². The van der Waals surface area contributed by atoms with Crippen molar-refractivity contribution < 1.29 is 4.79 Å². The molecule has 1 aliphatic heterocycles. The van der Waals surface area contributed by atoms with Crippen molar-refractivity contribution in [2.45, 2.75) is 37.3 Å². The number of amides is 2. The second kappa shape index (κ2) is 6.50. The Balaban J connectivity index is 1.97. The van der Waals surface area contributed by atoms with Crippen molar-refractivity contribution in [3.05, 3.63) is 29.8 Å². The second-order valence-corrected chi connectivity index (χ2v) is 7.38. The molecule has 3 N–H and O–H groups in total. The van der Waals surface area contributed by atoms with Crippen LogP contribution in [0.15, 0.2) is 24.3 Å². The number of nitrogens with zero attached hydrogens (tertiary/aromatic N) is 1. The number of thioether (sulfide) groups is 1. The third-order valence-electron chi connectivity index (χ3n) is 3.39. The molecule has 0 aromatic heterocycles. The van der Waals surface area contributed by atoms with E-state index in [2.05, 4.69) is 19.2 Å². The maximum absolute atomic E-state index is 12.3. The van der Waals surface area contributed by atoms with Crippen LogP contribution in [0, 0.1) is 0 Å². The van der Waals surface area contributed by atoms with E-state index in [1.54, 1.807) is 0 Å². The van der Waals surface area contributed by atoms with Crippen molar-refractivity contribution in [1.29, 1.82) is 0 Å². The van der Waals surface area contributed by atoms with Crippen molar-refractivity contribution in [3.63, 3.8) is 0 Å². The number of benzene rings is 1. The molecule has 3 atom stereocenters. The van der Waals surface area contributed by atoms with Gasteiger partial charge in [-0.3, -0.25) is 0 Å². The molecule has 0 bridgehead atoms. The predicted molar refractivity (Wildman–Crippen MR) is 86.2 cm³/mol. The highest BCUT2D eigenvalue weighted by Crippen LogP contribution is 2.25. The Morgan fingerprint density at radius 1 is 1.30 bits per heavy atom. The van der Waals surface area contributed by atoms with E-state index in [0.717, 1.165) is 24.3 Å². The van der Waals surface area contributed by atoms with Crippen molar-refractivity contribution in [2.24, 2.45) is 5.73 Å². The number of urea groups is 1. The van der Waals surface area contributed by atoms with Crippen LogP contribution in [0.25, 0.3) is 0 Å². The Bertz CT molecular complexity index is 451. The quantitative estimate of drug-likeness (QED) is 0.881. The van der Waals surface area contributed by atoms with E-state index in [0.29, 0.717) is 10.5 Å². The molecular formula is C15H23N3OS. The summed E-state index contributed by atoms with van der Waals surface area (Å²) in [6.45, 7) is 7.88. The van der Waals surface area contributed by atoms with Crippen LogP contribution in [0.2, 0.25) is 0 Å². The summed E-state index contributed by atoms with van der Waals surface area (Å²) in [5.41, 5.74) is 7.70. The summed E-state index contributed by atoms with van der Waals surface area (Å²) in [5, 5.41) is 3.94. The molecule has 0 aliphatic carbocycles. The summed E-state index contributed by atoms with van der Waals surface area (Å²) < 4.78 is 0. The summed E-state index contributed by atoms with van der Waals surface area (Å²) in [6, 6.07) is 7.72. The lowest BCUT2D eigenvalue weighted by atomic mass is 10.1. The molecule has 0 saturated carbocycles. The molecule has 20 heavy (non-hydrogen) atoms. The van der Waals surface area contributed by atoms with Gasteiger partial charge in [0.2, 0.25) is 0 Å². The lowest BCUT2D eigenvalue weighted by Crippen LogP contribution is -2.45. The van der Waals surface area contributed by atoms with Gasteiger partial charge < -0.3 is 16.0 Å². The minimum Gasteiger partial charge on any atom is -0.324 e. The number of nitrogens with two attached hydrogens (primary N) is 1. The predicted octanol–water partition coefficient (Wildman–Crippen LogP) is 3.06. The molecule has 0 radical (unpaired) electrons. The Labute approximate surface area is 125 Å². The highest BCUT2D eigenvalue weighted by molar-refractivity contribution is 8.00. The van der Waals surface area contributed by atoms with Gasteiger partial charge in [0.25, 0.3) is 0 Å². The number of carbonyl (C=O) groups is 1. The standard InChI is InChI=1S/C15H23N3OS/c1-10-8-18(9-11(2)20-10)15(19)17-14-6-4-13(5-7-14)12(3)16/h4-7,10-12H,8-9,16H2,1-3H3,(H,17,19). The minimum absolute atomic E-state index is 0.0144. The summed E-state index contributed by atoms with van der Waals surface area (Å²) in [6.07, 6.45) is 0. The summed E-state index contributed by atoms with van der Waals surface area (Å²) >= 11 is 1.94. The van der Waals surface area contributed by atoms with E-state index in [1.807, 2.05) is 47.9 Å². The molecule has 4 nitrogen and oxygen atoms in total. The van der Waals surface area contributed by atoms with Gasteiger partial charge in [0.15, 0.2) is 0 Å². The molecule has 2 amide bonds. The van der Waals surface area contributed by atoms with Crippen LogP contribution in [0.5, 0.6) is 0 Å². The summed E-state index contributed by atoms with van der Waals surface area (Å²) in [4.78, 5) is 14.2. The van der Waals surface area contributed by atoms with Gasteiger partial charge in [-0.05, 0) is 24.6 Å². The van der Waals surface area contributed by atoms with Gasteiger partial charge in [0, 0.05) is 35.3 Å². The van der Waals surface area contributed by atoms with Crippen molar-refractivity contribution >= 4 is 23.5 Å². The van der Waals surface area contributed by atoms with Gasteiger partial charge >= 0.3 is 6.03 Å². The molecular weight excluding hydrogens is 270 g/mol. The van der Waals surface area contributed by atoms with E-state index < -0.39 is 0 Å². The highest BCUT2D eigenvalue weighted by Gasteiger charge is 2.25. The summed E-state index contributed by atoms with van der Waals surface area (Å²) in [7, 11) is 0. The van der Waals surface area contributed by atoms with E-state index in [4.69, 9.17) is 5.73 Å². The number of nitrogens with one attached hydrogen (secondary N) is 1. The zero-order valence-electron chi connectivity index (χ0n) is 12.3. The van der Waals surface area contributed by atoms with Crippen molar-refractivity contribution in [2.75, 3.05) is 18.4 Å². The van der Waals surface area contributed by atoms with Crippen LogP contribution in [0.3, 0.4) is 0 Å². The molecule has 3 unspecified atom stereocenters. The van der Waals surface area contributed by atoms with Gasteiger partial charge in [-0.25, -0.2) is 4.79 Å². The third kappa shape index (κ3) is 3.90. The van der Waals surface area contributed by atoms with Gasteiger partial charge in [-0.1, -0.05) is 26.0 Å². The van der Waals surface area contributed by atoms with Gasteiger partial charge in [0.1, 0.15) is 0 Å². The fourth-order valence-electron chi connectivity index (χ4n) is 2.42. The molecule has 1 aromatic rings. The molecule has 2 rings (SSSR count). The summed E-state index contributed by atoms with van der Waals surface area (Å²) in [5.74, 6) is 0. The SMILES string of the molecule is CC1CN(C(=O)Nc2ccc(C(C)N)cc2)CC(C)S1. The first-order valence-corrected chi connectivity index (χ1v) is 7.97. The van der Waals surface area contributed by atoms with Crippen LogP contribution in [-0.4, -0.2) is 34.5 Å². The number of hydrogen-bond donors (Lipinski definition) is 2. The fraction of sp³-hybridized carbons (Fsp3) is 0.533. The number of carbonyl (C=O) groups excluding carboxylic acids is 1. The van der Waals surface area contributed by atoms with Crippen LogP contribution in [0.4, 0.5) is 10.5 Å². The first-order valence-electron chi connectivity index (χ1n) is 7.02. The molecule has 1 fully saturated rings. The van der Waals surface area contributed by atoms with Crippen molar-refractivity contribution in [3.8, 4) is 0 Å². The smallest absolute Gasteiger partial charge is 0.321 e. The Morgan fingerprint density at radius 3 is 2.35 bits per heavy atom. The number of hydrogen-bond acceptors (Lipinski definition) is 3. The topological polar surface area (TPSA) is 58.4 Å². The van der Waals surface area contributed by atoms with Crippen LogP contribution >= 0.6 is 11.8 Å². The molecule has 5 heteroatoms. The third-order valence-corrected chi connectivity index (χ3v) is 4.62. The molecule has 0 spiro atoms. The van der Waals surface area contributed by atoms with E-state index >= 15 is 0 Å². The maximum Gasteiger partial charge on any atom is 0.321 e. The van der Waals surface area contributed by atoms with Gasteiger partial charge in [0.05, 0.1) is 0 Å². The Morgan fingerprint density at radius 2 is 1.85 bits per heavy atom. The van der Waals surface area contributed by atoms with Gasteiger partial charge in [-0.2, -0.15) is 11.8 Å². The van der Waals surface area contributed by atoms with Crippen LogP contribution in [0.1, 0.15) is 32.4 Å². The van der Waals surface area contributed by atoms with Crippen molar-refractivity contribution in [1.82, 2.24) is 4.90 Å². The zero-order chi connectivity index (χ0) is 14.7. The normalized spacial score (nSPS) is 24.3. The average molecular weight is 293 g/mol. The number of rotatable bonds is 2. The lowest BCUT2D eigenvalue weighted by Gasteiger charge is -2.34. The molecule has 110 valence electrons. The number of anilines is 1. The van der Waals surface area contributed by atoms with Crippen LogP contribution in [-0.2, 0) is 0 Å². The Hall–Kier alpha value is -1.20. The van der Waals surface area contributed by atoms with E-state index in [9.17, 15) is 4.79 Å². The molecule has 1 heterocycles. The molecule has 1 saturated heterocycles. The average Bonchev–Trinajstić information content (AvgIpc) is 2.38. The van der Waals surface area contributed by atoms with Crippen LogP contribution < -0.4 is 11.1 Å². The first-order chi connectivity index (χ1) is 9.45. The van der Waals surface area contributed by atoms with Gasteiger partial charge in [-0.15, -0.1) is 0 Å². The fourth-order valence-corrected chi connectivity index (χ4v) is 3.74. The highest BCUT2D eigenvalue weighted by atomic mass is 32.2. The minimum atomic E-state index is -0.0162. The van der Waals surface area contributed by atoms with E-state index in [-0.39, 0.29) is 12.1 Å². The maximum atomic E-state index is 12.3. The molecule has 1 aromatic carbocycles.